The lowest BCUT2D eigenvalue weighted by atomic mass is 10.1. The molecular weight excluding hydrogens is 240 g/mol. The first kappa shape index (κ1) is 12.2. The second kappa shape index (κ2) is 5.05. The van der Waals surface area contributed by atoms with Crippen molar-refractivity contribution < 1.29 is 9.84 Å². The van der Waals surface area contributed by atoms with Gasteiger partial charge in [-0.05, 0) is 18.4 Å². The lowest BCUT2D eigenvalue weighted by Gasteiger charge is -2.22. The minimum absolute atomic E-state index is 0.197. The van der Waals surface area contributed by atoms with Gasteiger partial charge in [0.1, 0.15) is 11.6 Å². The van der Waals surface area contributed by atoms with Gasteiger partial charge in [-0.3, -0.25) is 5.41 Å². The molecule has 4 heteroatoms. The highest BCUT2D eigenvalue weighted by molar-refractivity contribution is 6.23. The Morgan fingerprint density at radius 1 is 1.32 bits per heavy atom. The summed E-state index contributed by atoms with van der Waals surface area (Å²) in [4.78, 5) is 1.90. The van der Waals surface area contributed by atoms with E-state index in [1.165, 1.54) is 0 Å². The molecule has 1 aromatic rings. The van der Waals surface area contributed by atoms with Crippen molar-refractivity contribution >= 4 is 11.4 Å². The van der Waals surface area contributed by atoms with Crippen LogP contribution < -0.4 is 0 Å². The van der Waals surface area contributed by atoms with Crippen LogP contribution in [0.1, 0.15) is 18.4 Å². The molecule has 0 radical (unpaired) electrons. The molecule has 0 saturated carbocycles. The summed E-state index contributed by atoms with van der Waals surface area (Å²) in [6.45, 7) is 1.93. The predicted molar refractivity (Wildman–Crippen MR) is 74.3 cm³/mol. The Labute approximate surface area is 112 Å². The van der Waals surface area contributed by atoms with E-state index in [1.807, 2.05) is 35.2 Å². The van der Waals surface area contributed by atoms with Crippen LogP contribution >= 0.6 is 0 Å². The summed E-state index contributed by atoms with van der Waals surface area (Å²) in [6.07, 6.45) is 2.34. The molecule has 1 fully saturated rings. The fraction of sp³-hybridized carbons (Fsp3) is 0.400. The third-order valence-electron chi connectivity index (χ3n) is 3.69. The maximum atomic E-state index is 10.1. The first-order valence-electron chi connectivity index (χ1n) is 6.68. The topological polar surface area (TPSA) is 56.5 Å². The number of nitrogens with zero attached hydrogens (tertiary/aromatic N) is 1. The molecular formula is C15H18N2O2. The van der Waals surface area contributed by atoms with Gasteiger partial charge in [0.2, 0.25) is 0 Å². The Bertz CT molecular complexity index is 504. The standard InChI is InChI=1S/C15H18N2O2/c16-15-14(11-5-2-1-3-6-11)13(18)10-17(15)9-12-7-4-8-19-12/h1-3,5-6,12,16,18H,4,7-10H2. The molecule has 0 bridgehead atoms. The number of ether oxygens (including phenoxy) is 1. The van der Waals surface area contributed by atoms with E-state index in [0.29, 0.717) is 24.5 Å². The van der Waals surface area contributed by atoms with Crippen LogP contribution in [-0.4, -0.2) is 41.6 Å². The summed E-state index contributed by atoms with van der Waals surface area (Å²) in [5, 5.41) is 18.4. The van der Waals surface area contributed by atoms with Crippen LogP contribution in [0.15, 0.2) is 36.1 Å². The van der Waals surface area contributed by atoms with Crippen LogP contribution in [0.2, 0.25) is 0 Å². The summed E-state index contributed by atoms with van der Waals surface area (Å²) in [5.74, 6) is 0.688. The minimum Gasteiger partial charge on any atom is -0.510 e. The molecule has 2 heterocycles. The van der Waals surface area contributed by atoms with Gasteiger partial charge in [-0.25, -0.2) is 0 Å². The normalized spacial score (nSPS) is 23.5. The SMILES string of the molecule is N=C1C(c2ccccc2)=C(O)CN1CC1CCCO1. The molecule has 4 nitrogen and oxygen atoms in total. The molecule has 3 rings (SSSR count). The lowest BCUT2D eigenvalue weighted by Crippen LogP contribution is -2.34. The second-order valence-electron chi connectivity index (χ2n) is 5.05. The average Bonchev–Trinajstić information content (AvgIpc) is 3.01. The Balaban J connectivity index is 1.76. The van der Waals surface area contributed by atoms with Crippen LogP contribution in [0, 0.1) is 5.41 Å². The number of benzene rings is 1. The number of hydrogen-bond donors (Lipinski definition) is 2. The molecule has 0 amide bonds. The fourth-order valence-electron chi connectivity index (χ4n) is 2.73. The minimum atomic E-state index is 0.197. The van der Waals surface area contributed by atoms with E-state index < -0.39 is 0 Å². The van der Waals surface area contributed by atoms with Crippen LogP contribution in [-0.2, 0) is 4.74 Å². The maximum Gasteiger partial charge on any atom is 0.132 e. The first-order valence-corrected chi connectivity index (χ1v) is 6.68. The Morgan fingerprint density at radius 3 is 2.79 bits per heavy atom. The van der Waals surface area contributed by atoms with Crippen molar-refractivity contribution in [2.75, 3.05) is 19.7 Å². The molecule has 0 spiro atoms. The molecule has 0 aliphatic carbocycles. The summed E-state index contributed by atoms with van der Waals surface area (Å²) in [5.41, 5.74) is 1.55. The zero-order valence-electron chi connectivity index (χ0n) is 10.8. The smallest absolute Gasteiger partial charge is 0.132 e. The number of rotatable bonds is 3. The molecule has 1 unspecified atom stereocenters. The predicted octanol–water partition coefficient (Wildman–Crippen LogP) is 2.43. The summed E-state index contributed by atoms with van der Waals surface area (Å²) < 4.78 is 5.60. The van der Waals surface area contributed by atoms with E-state index in [-0.39, 0.29) is 11.9 Å². The van der Waals surface area contributed by atoms with Crippen LogP contribution in [0.25, 0.3) is 5.57 Å². The van der Waals surface area contributed by atoms with Crippen LogP contribution in [0.5, 0.6) is 0 Å². The zero-order chi connectivity index (χ0) is 13.2. The van der Waals surface area contributed by atoms with Crippen molar-refractivity contribution in [3.63, 3.8) is 0 Å². The molecule has 19 heavy (non-hydrogen) atoms. The summed E-state index contributed by atoms with van der Waals surface area (Å²) >= 11 is 0. The van der Waals surface area contributed by atoms with Gasteiger partial charge in [-0.2, -0.15) is 0 Å². The largest absolute Gasteiger partial charge is 0.510 e. The number of aliphatic hydroxyl groups excluding tert-OH is 1. The highest BCUT2D eigenvalue weighted by atomic mass is 16.5. The quantitative estimate of drug-likeness (QED) is 0.875. The Morgan fingerprint density at radius 2 is 2.11 bits per heavy atom. The Hall–Kier alpha value is -1.81. The van der Waals surface area contributed by atoms with Crippen molar-refractivity contribution in [3.8, 4) is 0 Å². The van der Waals surface area contributed by atoms with Gasteiger partial charge < -0.3 is 14.7 Å². The summed E-state index contributed by atoms with van der Waals surface area (Å²) in [7, 11) is 0. The molecule has 1 aromatic carbocycles. The monoisotopic (exact) mass is 258 g/mol. The molecule has 1 atom stereocenters. The summed E-state index contributed by atoms with van der Waals surface area (Å²) in [6, 6.07) is 9.63. The average molecular weight is 258 g/mol. The van der Waals surface area contributed by atoms with Crippen LogP contribution in [0.4, 0.5) is 0 Å². The van der Waals surface area contributed by atoms with E-state index in [9.17, 15) is 5.11 Å². The van der Waals surface area contributed by atoms with Gasteiger partial charge >= 0.3 is 0 Å². The first-order chi connectivity index (χ1) is 9.25. The second-order valence-corrected chi connectivity index (χ2v) is 5.05. The van der Waals surface area contributed by atoms with Gasteiger partial charge in [0.05, 0.1) is 18.2 Å². The van der Waals surface area contributed by atoms with E-state index in [1.54, 1.807) is 0 Å². The van der Waals surface area contributed by atoms with Gasteiger partial charge in [0, 0.05) is 13.2 Å². The van der Waals surface area contributed by atoms with Gasteiger partial charge in [-0.1, -0.05) is 30.3 Å². The lowest BCUT2D eigenvalue weighted by molar-refractivity contribution is 0.0924. The molecule has 2 aliphatic rings. The number of amidine groups is 1. The van der Waals surface area contributed by atoms with Gasteiger partial charge in [0.15, 0.2) is 0 Å². The van der Waals surface area contributed by atoms with Crippen molar-refractivity contribution in [1.29, 1.82) is 5.41 Å². The molecule has 0 aromatic heterocycles. The van der Waals surface area contributed by atoms with E-state index in [2.05, 4.69) is 0 Å². The van der Waals surface area contributed by atoms with Gasteiger partial charge in [-0.15, -0.1) is 0 Å². The van der Waals surface area contributed by atoms with Crippen molar-refractivity contribution in [2.45, 2.75) is 18.9 Å². The number of aliphatic hydroxyl groups is 1. The molecule has 1 saturated heterocycles. The van der Waals surface area contributed by atoms with Crippen molar-refractivity contribution in [3.05, 3.63) is 41.7 Å². The Kier molecular flexibility index (Phi) is 3.25. The van der Waals surface area contributed by atoms with Crippen molar-refractivity contribution in [1.82, 2.24) is 4.90 Å². The number of hydrogen-bond acceptors (Lipinski definition) is 3. The fourth-order valence-corrected chi connectivity index (χ4v) is 2.73. The van der Waals surface area contributed by atoms with Crippen LogP contribution in [0.3, 0.4) is 0 Å². The third kappa shape index (κ3) is 2.36. The molecule has 100 valence electrons. The highest BCUT2D eigenvalue weighted by Crippen LogP contribution is 2.28. The van der Waals surface area contributed by atoms with E-state index in [4.69, 9.17) is 10.1 Å². The highest BCUT2D eigenvalue weighted by Gasteiger charge is 2.30. The van der Waals surface area contributed by atoms with E-state index in [0.717, 1.165) is 25.0 Å². The number of nitrogens with one attached hydrogen (secondary N) is 1. The molecule has 2 aliphatic heterocycles. The van der Waals surface area contributed by atoms with Gasteiger partial charge in [0.25, 0.3) is 0 Å². The van der Waals surface area contributed by atoms with E-state index >= 15 is 0 Å². The zero-order valence-corrected chi connectivity index (χ0v) is 10.8. The maximum absolute atomic E-state index is 10.1. The third-order valence-corrected chi connectivity index (χ3v) is 3.69. The molecule has 2 N–H and O–H groups in total. The van der Waals surface area contributed by atoms with Crippen molar-refractivity contribution in [2.24, 2.45) is 0 Å².